The fraction of sp³-hybridized carbons (Fsp3) is 0.455. The molecule has 5 nitrogen and oxygen atoms in total. The van der Waals surface area contributed by atoms with Gasteiger partial charge in [-0.2, -0.15) is 0 Å². The van der Waals surface area contributed by atoms with E-state index in [-0.39, 0.29) is 11.7 Å². The summed E-state index contributed by atoms with van der Waals surface area (Å²) in [5, 5.41) is 3.08. The summed E-state index contributed by atoms with van der Waals surface area (Å²) in [4.78, 5) is 16.9. The molecule has 1 unspecified atom stereocenters. The molecule has 2 aromatic rings. The Morgan fingerprint density at radius 2 is 2.20 bits per heavy atom. The lowest BCUT2D eigenvalue weighted by Gasteiger charge is -2.28. The maximum atomic E-state index is 14.6. The van der Waals surface area contributed by atoms with Crippen molar-refractivity contribution in [2.75, 3.05) is 6.61 Å². The van der Waals surface area contributed by atoms with Crippen LogP contribution in [0, 0.1) is 5.82 Å². The van der Waals surface area contributed by atoms with Gasteiger partial charge in [-0.15, -0.1) is 6.58 Å². The van der Waals surface area contributed by atoms with Crippen LogP contribution in [-0.2, 0) is 21.8 Å². The fourth-order valence-corrected chi connectivity index (χ4v) is 4.73. The van der Waals surface area contributed by atoms with Crippen molar-refractivity contribution in [3.63, 3.8) is 0 Å². The first-order chi connectivity index (χ1) is 14.1. The molecule has 1 saturated heterocycles. The quantitative estimate of drug-likeness (QED) is 0.287. The monoisotopic (exact) mass is 493 g/mol. The average molecular weight is 494 g/mol. The number of benzene rings is 1. The van der Waals surface area contributed by atoms with Gasteiger partial charge in [0.15, 0.2) is 0 Å². The van der Waals surface area contributed by atoms with Gasteiger partial charge in [0.05, 0.1) is 5.69 Å². The van der Waals surface area contributed by atoms with Crippen LogP contribution in [0.4, 0.5) is 4.39 Å². The molecule has 1 fully saturated rings. The van der Waals surface area contributed by atoms with Crippen LogP contribution in [0.3, 0.4) is 0 Å². The van der Waals surface area contributed by atoms with Crippen LogP contribution >= 0.6 is 15.9 Å². The molecule has 3 rings (SSSR count). The Labute approximate surface area is 186 Å². The van der Waals surface area contributed by atoms with Crippen LogP contribution in [0.2, 0.25) is 25.7 Å². The Balaban J connectivity index is 1.97. The minimum Gasteiger partial charge on any atom is -0.361 e. The molecule has 1 atom stereocenters. The molecule has 0 aliphatic carbocycles. The molecule has 1 amide bonds. The van der Waals surface area contributed by atoms with Gasteiger partial charge in [-0.05, 0) is 37.1 Å². The second kappa shape index (κ2) is 9.16. The molecule has 0 spiro atoms. The molecule has 1 aromatic heterocycles. The Morgan fingerprint density at radius 3 is 2.80 bits per heavy atom. The summed E-state index contributed by atoms with van der Waals surface area (Å²) in [6.07, 6.45) is 5.19. The zero-order valence-corrected chi connectivity index (χ0v) is 20.4. The van der Waals surface area contributed by atoms with Gasteiger partial charge >= 0.3 is 0 Å². The van der Waals surface area contributed by atoms with E-state index in [0.29, 0.717) is 54.2 Å². The highest BCUT2D eigenvalue weighted by molar-refractivity contribution is 9.10. The zero-order valence-electron chi connectivity index (χ0n) is 17.8. The lowest BCUT2D eigenvalue weighted by atomic mass is 9.92. The van der Waals surface area contributed by atoms with E-state index < -0.39 is 13.6 Å². The van der Waals surface area contributed by atoms with Crippen molar-refractivity contribution in [1.82, 2.24) is 14.9 Å². The number of nitrogens with zero attached hydrogens (tertiary/aromatic N) is 2. The molecule has 2 heterocycles. The van der Waals surface area contributed by atoms with Gasteiger partial charge in [0.25, 0.3) is 0 Å². The first kappa shape index (κ1) is 22.9. The van der Waals surface area contributed by atoms with Crippen molar-refractivity contribution in [2.24, 2.45) is 0 Å². The topological polar surface area (TPSA) is 56.2 Å². The van der Waals surface area contributed by atoms with Crippen molar-refractivity contribution >= 4 is 29.9 Å². The standard InChI is InChI=1S/C22H29BrFN3O2Si/c1-5-9-22(10-8-20(28)26-22)21-25-19(17-7-6-16(23)13-18(17)24)14-27(21)15-29-11-12-30(2,3)4/h5-7,13-14H,1,8-12,15H2,2-4H3,(H,26,28). The predicted octanol–water partition coefficient (Wildman–Crippen LogP) is 5.45. The fourth-order valence-electron chi connectivity index (χ4n) is 3.64. The minimum atomic E-state index is -1.21. The molecule has 8 heteroatoms. The second-order valence-electron chi connectivity index (χ2n) is 9.01. The smallest absolute Gasteiger partial charge is 0.220 e. The Morgan fingerprint density at radius 1 is 1.43 bits per heavy atom. The highest BCUT2D eigenvalue weighted by atomic mass is 79.9. The summed E-state index contributed by atoms with van der Waals surface area (Å²) in [6, 6.07) is 5.98. The van der Waals surface area contributed by atoms with E-state index in [1.54, 1.807) is 18.2 Å². The molecule has 0 bridgehead atoms. The van der Waals surface area contributed by atoms with E-state index in [1.165, 1.54) is 6.07 Å². The third-order valence-corrected chi connectivity index (χ3v) is 7.49. The third-order valence-electron chi connectivity index (χ3n) is 5.29. The summed E-state index contributed by atoms with van der Waals surface area (Å²) in [7, 11) is -1.21. The maximum Gasteiger partial charge on any atom is 0.220 e. The number of halogens is 2. The van der Waals surface area contributed by atoms with Gasteiger partial charge in [-0.1, -0.05) is 41.6 Å². The van der Waals surface area contributed by atoms with Crippen LogP contribution in [-0.4, -0.2) is 30.1 Å². The lowest BCUT2D eigenvalue weighted by molar-refractivity contribution is -0.119. The number of imidazole rings is 1. The van der Waals surface area contributed by atoms with E-state index in [1.807, 2.05) is 10.8 Å². The maximum absolute atomic E-state index is 14.6. The number of ether oxygens (including phenoxy) is 1. The molecule has 162 valence electrons. The van der Waals surface area contributed by atoms with Crippen LogP contribution in [0.1, 0.15) is 25.1 Å². The molecule has 1 aliphatic rings. The first-order valence-corrected chi connectivity index (χ1v) is 14.7. The van der Waals surface area contributed by atoms with Crippen molar-refractivity contribution in [3.8, 4) is 11.3 Å². The van der Waals surface area contributed by atoms with Gasteiger partial charge < -0.3 is 14.6 Å². The number of hydrogen-bond donors (Lipinski definition) is 1. The highest BCUT2D eigenvalue weighted by Gasteiger charge is 2.42. The van der Waals surface area contributed by atoms with E-state index >= 15 is 0 Å². The molecule has 1 N–H and O–H groups in total. The van der Waals surface area contributed by atoms with E-state index in [0.717, 1.165) is 6.04 Å². The first-order valence-electron chi connectivity index (χ1n) is 10.2. The summed E-state index contributed by atoms with van der Waals surface area (Å²) < 4.78 is 23.1. The minimum absolute atomic E-state index is 0.0116. The Kier molecular flexibility index (Phi) is 6.99. The van der Waals surface area contributed by atoms with E-state index in [4.69, 9.17) is 9.72 Å². The second-order valence-corrected chi connectivity index (χ2v) is 15.6. The Hall–Kier alpha value is -1.77. The summed E-state index contributed by atoms with van der Waals surface area (Å²) >= 11 is 3.30. The predicted molar refractivity (Wildman–Crippen MR) is 123 cm³/mol. The normalized spacial score (nSPS) is 19.2. The molecule has 0 radical (unpaired) electrons. The number of amides is 1. The number of carbonyl (C=O) groups is 1. The molecule has 1 aromatic carbocycles. The van der Waals surface area contributed by atoms with Crippen molar-refractivity contribution in [1.29, 1.82) is 0 Å². The van der Waals surface area contributed by atoms with Crippen LogP contribution in [0.5, 0.6) is 0 Å². The molecule has 30 heavy (non-hydrogen) atoms. The van der Waals surface area contributed by atoms with E-state index in [2.05, 4.69) is 47.5 Å². The molecular weight excluding hydrogens is 465 g/mol. The van der Waals surface area contributed by atoms with Crippen LogP contribution in [0.15, 0.2) is 41.5 Å². The summed E-state index contributed by atoms with van der Waals surface area (Å²) in [5.41, 5.74) is 0.289. The van der Waals surface area contributed by atoms with Gasteiger partial charge in [-0.25, -0.2) is 9.37 Å². The third kappa shape index (κ3) is 5.28. The van der Waals surface area contributed by atoms with E-state index in [9.17, 15) is 9.18 Å². The number of nitrogens with one attached hydrogen (secondary N) is 1. The van der Waals surface area contributed by atoms with Gasteiger partial charge in [0, 0.05) is 37.3 Å². The zero-order chi connectivity index (χ0) is 21.9. The van der Waals surface area contributed by atoms with Gasteiger partial charge in [0.2, 0.25) is 5.91 Å². The number of carbonyl (C=O) groups excluding carboxylic acids is 1. The summed E-state index contributed by atoms with van der Waals surface area (Å²) in [6.45, 7) is 11.7. The van der Waals surface area contributed by atoms with Crippen LogP contribution in [0.25, 0.3) is 11.3 Å². The molecule has 1 aliphatic heterocycles. The van der Waals surface area contributed by atoms with Crippen LogP contribution < -0.4 is 5.32 Å². The largest absolute Gasteiger partial charge is 0.361 e. The number of rotatable bonds is 9. The SMILES string of the molecule is C=CCC1(c2nc(-c3ccc(Br)cc3F)cn2COCC[Si](C)(C)C)CCC(=O)N1. The van der Waals surface area contributed by atoms with Crippen molar-refractivity contribution in [3.05, 3.63) is 53.2 Å². The molecule has 0 saturated carbocycles. The number of hydrogen-bond acceptors (Lipinski definition) is 3. The van der Waals surface area contributed by atoms with Gasteiger partial charge in [0.1, 0.15) is 23.9 Å². The lowest BCUT2D eigenvalue weighted by Crippen LogP contribution is -2.41. The van der Waals surface area contributed by atoms with Crippen molar-refractivity contribution in [2.45, 2.75) is 57.2 Å². The Bertz CT molecular complexity index is 941. The average Bonchev–Trinajstić information content (AvgIpc) is 3.23. The highest BCUT2D eigenvalue weighted by Crippen LogP contribution is 2.36. The number of aromatic nitrogens is 2. The summed E-state index contributed by atoms with van der Waals surface area (Å²) in [5.74, 6) is 0.314. The molecular formula is C22H29BrFN3O2Si. The van der Waals surface area contributed by atoms with Gasteiger partial charge in [-0.3, -0.25) is 4.79 Å². The van der Waals surface area contributed by atoms with Crippen molar-refractivity contribution < 1.29 is 13.9 Å².